The minimum absolute atomic E-state index is 0.00372. The van der Waals surface area contributed by atoms with Crippen LogP contribution >= 0.6 is 23.2 Å². The van der Waals surface area contributed by atoms with Crippen LogP contribution in [0.3, 0.4) is 0 Å². The summed E-state index contributed by atoms with van der Waals surface area (Å²) in [5.74, 6) is -1.14. The number of halogens is 3. The molecule has 0 bridgehead atoms. The molecular weight excluding hydrogens is 576 g/mol. The maximum Gasteiger partial charge on any atom is 0.243 e. The van der Waals surface area contributed by atoms with Gasteiger partial charge in [0.1, 0.15) is 11.9 Å². The second-order valence-electron chi connectivity index (χ2n) is 9.27. The van der Waals surface area contributed by atoms with Crippen molar-refractivity contribution in [2.75, 3.05) is 23.7 Å². The Labute approximate surface area is 244 Å². The van der Waals surface area contributed by atoms with Gasteiger partial charge in [-0.1, -0.05) is 59.6 Å². The molecule has 214 valence electrons. The second kappa shape index (κ2) is 14.5. The van der Waals surface area contributed by atoms with E-state index in [9.17, 15) is 22.4 Å². The fourth-order valence-corrected chi connectivity index (χ4v) is 5.72. The molecule has 1 atom stereocenters. The van der Waals surface area contributed by atoms with E-state index in [1.807, 2.05) is 30.3 Å². The highest BCUT2D eigenvalue weighted by atomic mass is 35.5. The zero-order valence-corrected chi connectivity index (χ0v) is 24.6. The van der Waals surface area contributed by atoms with Crippen molar-refractivity contribution < 1.29 is 22.4 Å². The monoisotopic (exact) mass is 607 g/mol. The Bertz CT molecular complexity index is 1410. The predicted molar refractivity (Wildman–Crippen MR) is 157 cm³/mol. The zero-order chi connectivity index (χ0) is 29.3. The molecule has 0 fully saturated rings. The molecule has 0 aliphatic rings. The van der Waals surface area contributed by atoms with Gasteiger partial charge < -0.3 is 10.2 Å². The molecule has 7 nitrogen and oxygen atoms in total. The number of hydrogen-bond acceptors (Lipinski definition) is 4. The number of rotatable bonds is 13. The number of sulfonamides is 1. The summed E-state index contributed by atoms with van der Waals surface area (Å²) >= 11 is 12.5. The number of carbonyl (C=O) groups excluding carboxylic acids is 2. The largest absolute Gasteiger partial charge is 0.355 e. The molecule has 0 aromatic heterocycles. The molecule has 0 spiro atoms. The Morgan fingerprint density at radius 1 is 1.00 bits per heavy atom. The lowest BCUT2D eigenvalue weighted by Gasteiger charge is -2.32. The van der Waals surface area contributed by atoms with E-state index in [0.29, 0.717) is 27.8 Å². The highest BCUT2D eigenvalue weighted by Gasteiger charge is 2.30. The quantitative estimate of drug-likeness (QED) is 0.280. The summed E-state index contributed by atoms with van der Waals surface area (Å²) in [6, 6.07) is 18.6. The highest BCUT2D eigenvalue weighted by Crippen LogP contribution is 2.25. The van der Waals surface area contributed by atoms with E-state index in [4.69, 9.17) is 23.2 Å². The van der Waals surface area contributed by atoms with E-state index in [1.165, 1.54) is 29.2 Å². The van der Waals surface area contributed by atoms with Crippen molar-refractivity contribution in [3.05, 3.63) is 99.8 Å². The standard InChI is InChI=1S/C29H32Cl2FN3O4S/c1-3-33-29(37)27(18-21-8-5-4-6-9-21)34(20-22-11-12-23(30)19-26(22)31)28(36)10-7-17-35(40(2,38)39)25-15-13-24(32)14-16-25/h4-6,8-9,11-16,19,27H,3,7,10,17-18,20H2,1-2H3,(H,33,37)/t27-/m1/s1. The normalized spacial score (nSPS) is 12.0. The molecule has 0 unspecified atom stereocenters. The summed E-state index contributed by atoms with van der Waals surface area (Å²) < 4.78 is 39.5. The van der Waals surface area contributed by atoms with Gasteiger partial charge in [0.05, 0.1) is 11.9 Å². The molecule has 0 saturated carbocycles. The number of benzene rings is 3. The fourth-order valence-electron chi connectivity index (χ4n) is 4.29. The van der Waals surface area contributed by atoms with E-state index in [2.05, 4.69) is 5.32 Å². The fraction of sp³-hybridized carbons (Fsp3) is 0.310. The van der Waals surface area contributed by atoms with Crippen LogP contribution in [-0.2, 0) is 32.6 Å². The molecule has 3 aromatic rings. The van der Waals surface area contributed by atoms with Crippen molar-refractivity contribution in [1.29, 1.82) is 0 Å². The molecule has 0 aliphatic heterocycles. The number of nitrogens with one attached hydrogen (secondary N) is 1. The first-order valence-electron chi connectivity index (χ1n) is 12.8. The Hall–Kier alpha value is -3.14. The van der Waals surface area contributed by atoms with Gasteiger partial charge >= 0.3 is 0 Å². The van der Waals surface area contributed by atoms with Gasteiger partial charge in [-0.15, -0.1) is 0 Å². The van der Waals surface area contributed by atoms with Crippen LogP contribution in [0.15, 0.2) is 72.8 Å². The van der Waals surface area contributed by atoms with E-state index in [1.54, 1.807) is 25.1 Å². The summed E-state index contributed by atoms with van der Waals surface area (Å²) in [6.07, 6.45) is 1.46. The van der Waals surface area contributed by atoms with Crippen molar-refractivity contribution in [3.8, 4) is 0 Å². The van der Waals surface area contributed by atoms with Crippen molar-refractivity contribution >= 4 is 50.7 Å². The van der Waals surface area contributed by atoms with E-state index >= 15 is 0 Å². The van der Waals surface area contributed by atoms with E-state index in [0.717, 1.165) is 16.1 Å². The Kier molecular flexibility index (Phi) is 11.4. The Morgan fingerprint density at radius 3 is 2.27 bits per heavy atom. The number of hydrogen-bond donors (Lipinski definition) is 1. The van der Waals surface area contributed by atoms with Gasteiger partial charge in [0, 0.05) is 42.5 Å². The molecule has 0 saturated heterocycles. The third kappa shape index (κ3) is 8.94. The Morgan fingerprint density at radius 2 is 1.68 bits per heavy atom. The smallest absolute Gasteiger partial charge is 0.243 e. The summed E-state index contributed by atoms with van der Waals surface area (Å²) in [5, 5.41) is 3.63. The van der Waals surface area contributed by atoms with Crippen LogP contribution < -0.4 is 9.62 Å². The third-order valence-electron chi connectivity index (χ3n) is 6.24. The van der Waals surface area contributed by atoms with Gasteiger partial charge in [-0.05, 0) is 60.9 Å². The zero-order valence-electron chi connectivity index (χ0n) is 22.3. The van der Waals surface area contributed by atoms with E-state index in [-0.39, 0.29) is 44.2 Å². The summed E-state index contributed by atoms with van der Waals surface area (Å²) in [5.41, 5.74) is 1.79. The van der Waals surface area contributed by atoms with Crippen LogP contribution in [0.5, 0.6) is 0 Å². The molecule has 2 amide bonds. The number of anilines is 1. The molecule has 11 heteroatoms. The second-order valence-corrected chi connectivity index (χ2v) is 12.0. The molecule has 0 radical (unpaired) electrons. The van der Waals surface area contributed by atoms with Crippen LogP contribution in [0.2, 0.25) is 10.0 Å². The van der Waals surface area contributed by atoms with Crippen LogP contribution in [-0.4, -0.2) is 50.5 Å². The average molecular weight is 609 g/mol. The first kappa shape index (κ1) is 31.4. The lowest BCUT2D eigenvalue weighted by Crippen LogP contribution is -2.50. The van der Waals surface area contributed by atoms with Crippen LogP contribution in [0.4, 0.5) is 10.1 Å². The van der Waals surface area contributed by atoms with Gasteiger partial charge in [-0.25, -0.2) is 12.8 Å². The third-order valence-corrected chi connectivity index (χ3v) is 8.03. The molecule has 40 heavy (non-hydrogen) atoms. The number of amides is 2. The highest BCUT2D eigenvalue weighted by molar-refractivity contribution is 7.92. The lowest BCUT2D eigenvalue weighted by molar-refractivity contribution is -0.141. The SMILES string of the molecule is CCNC(=O)[C@@H](Cc1ccccc1)N(Cc1ccc(Cl)cc1Cl)C(=O)CCCN(c1ccc(F)cc1)S(C)(=O)=O. The molecular formula is C29H32Cl2FN3O4S. The van der Waals surface area contributed by atoms with Crippen LogP contribution in [0.1, 0.15) is 30.9 Å². The minimum atomic E-state index is -3.69. The summed E-state index contributed by atoms with van der Waals surface area (Å²) in [4.78, 5) is 28.5. The van der Waals surface area contributed by atoms with Gasteiger partial charge in [-0.2, -0.15) is 0 Å². The lowest BCUT2D eigenvalue weighted by atomic mass is 10.0. The molecule has 3 rings (SSSR count). The maximum absolute atomic E-state index is 13.7. The maximum atomic E-state index is 13.7. The first-order chi connectivity index (χ1) is 19.0. The van der Waals surface area contributed by atoms with Crippen LogP contribution in [0, 0.1) is 5.82 Å². The molecule has 1 N–H and O–H groups in total. The van der Waals surface area contributed by atoms with Gasteiger partial charge in [-0.3, -0.25) is 13.9 Å². The van der Waals surface area contributed by atoms with Gasteiger partial charge in [0.25, 0.3) is 0 Å². The minimum Gasteiger partial charge on any atom is -0.355 e. The topological polar surface area (TPSA) is 86.8 Å². The van der Waals surface area contributed by atoms with Crippen molar-refractivity contribution in [2.45, 2.75) is 38.8 Å². The van der Waals surface area contributed by atoms with Gasteiger partial charge in [0.15, 0.2) is 0 Å². The van der Waals surface area contributed by atoms with Gasteiger partial charge in [0.2, 0.25) is 21.8 Å². The van der Waals surface area contributed by atoms with Crippen molar-refractivity contribution in [1.82, 2.24) is 10.2 Å². The summed E-state index contributed by atoms with van der Waals surface area (Å²) in [7, 11) is -3.69. The van der Waals surface area contributed by atoms with Crippen LogP contribution in [0.25, 0.3) is 0 Å². The molecule has 0 aliphatic carbocycles. The van der Waals surface area contributed by atoms with Crippen molar-refractivity contribution in [3.63, 3.8) is 0 Å². The first-order valence-corrected chi connectivity index (χ1v) is 15.4. The van der Waals surface area contributed by atoms with E-state index < -0.39 is 21.9 Å². The number of carbonyl (C=O) groups is 2. The molecule has 0 heterocycles. The number of likely N-dealkylation sites (N-methyl/N-ethyl adjacent to an activating group) is 1. The molecule has 3 aromatic carbocycles. The van der Waals surface area contributed by atoms with Crippen molar-refractivity contribution in [2.24, 2.45) is 0 Å². The predicted octanol–water partition coefficient (Wildman–Crippen LogP) is 5.45. The number of nitrogens with zero attached hydrogens (tertiary/aromatic N) is 2. The Balaban J connectivity index is 1.88. The summed E-state index contributed by atoms with van der Waals surface area (Å²) in [6.45, 7) is 2.23. The average Bonchev–Trinajstić information content (AvgIpc) is 2.90.